The molecule has 184 valence electrons. The molecule has 0 radical (unpaired) electrons. The van der Waals surface area contributed by atoms with Crippen LogP contribution in [-0.4, -0.2) is 28.8 Å². The number of rotatable bonds is 10. The zero-order valence-electron chi connectivity index (χ0n) is 19.8. The molecule has 0 aromatic heterocycles. The second kappa shape index (κ2) is 13.0. The van der Waals surface area contributed by atoms with Crippen LogP contribution in [-0.2, 0) is 29.0 Å². The Kier molecular flexibility index (Phi) is 10.0. The summed E-state index contributed by atoms with van der Waals surface area (Å²) in [6.45, 7) is 4.22. The molecule has 3 rings (SSSR count). The minimum atomic E-state index is -0.708. The first-order valence-electron chi connectivity index (χ1n) is 11.6. The smallest absolute Gasteiger partial charge is 0.243 e. The Bertz CT molecular complexity index is 1140. The Morgan fingerprint density at radius 1 is 0.886 bits per heavy atom. The van der Waals surface area contributed by atoms with Crippen LogP contribution in [0.25, 0.3) is 0 Å². The number of hydrogen-bond donors (Lipinski definition) is 1. The minimum absolute atomic E-state index is 0.0148. The van der Waals surface area contributed by atoms with Gasteiger partial charge in [0.25, 0.3) is 0 Å². The molecule has 35 heavy (non-hydrogen) atoms. The topological polar surface area (TPSA) is 49.4 Å². The van der Waals surface area contributed by atoms with Crippen molar-refractivity contribution in [1.82, 2.24) is 10.2 Å². The van der Waals surface area contributed by atoms with Crippen molar-refractivity contribution in [1.29, 1.82) is 0 Å². The average molecular weight is 532 g/mol. The van der Waals surface area contributed by atoms with Gasteiger partial charge in [-0.25, -0.2) is 0 Å². The highest BCUT2D eigenvalue weighted by Crippen LogP contribution is 2.24. The molecule has 2 atom stereocenters. The van der Waals surface area contributed by atoms with E-state index in [0.717, 1.165) is 17.5 Å². The van der Waals surface area contributed by atoms with Gasteiger partial charge in [-0.15, -0.1) is 0 Å². The zero-order chi connectivity index (χ0) is 25.4. The molecule has 2 amide bonds. The van der Waals surface area contributed by atoms with E-state index in [9.17, 15) is 9.59 Å². The maximum Gasteiger partial charge on any atom is 0.243 e. The van der Waals surface area contributed by atoms with Crippen LogP contribution < -0.4 is 5.32 Å². The standard InChI is InChI=1S/C28H29Cl3N2O2/c1-3-19(2)32-28(35)26(15-20-7-5-4-6-8-20)33(18-21-9-12-23(29)13-10-21)27(34)16-22-11-14-24(30)17-25(22)31/h4-14,17,19,26H,3,15-16,18H2,1-2H3,(H,32,35)/t19-,26+/m0/s1. The van der Waals surface area contributed by atoms with E-state index < -0.39 is 6.04 Å². The van der Waals surface area contributed by atoms with E-state index in [0.29, 0.717) is 27.1 Å². The minimum Gasteiger partial charge on any atom is -0.352 e. The molecular weight excluding hydrogens is 503 g/mol. The molecular formula is C28H29Cl3N2O2. The highest BCUT2D eigenvalue weighted by Gasteiger charge is 2.31. The SMILES string of the molecule is CC[C@H](C)NC(=O)[C@@H](Cc1ccccc1)N(Cc1ccc(Cl)cc1)C(=O)Cc1ccc(Cl)cc1Cl. The molecule has 0 unspecified atom stereocenters. The second-order valence-corrected chi connectivity index (χ2v) is 9.86. The summed E-state index contributed by atoms with van der Waals surface area (Å²) in [6.07, 6.45) is 1.22. The van der Waals surface area contributed by atoms with Crippen LogP contribution in [0, 0.1) is 0 Å². The van der Waals surface area contributed by atoms with Crippen molar-refractivity contribution in [3.63, 3.8) is 0 Å². The van der Waals surface area contributed by atoms with Gasteiger partial charge >= 0.3 is 0 Å². The van der Waals surface area contributed by atoms with Crippen molar-refractivity contribution in [2.24, 2.45) is 0 Å². The first-order chi connectivity index (χ1) is 16.8. The predicted octanol–water partition coefficient (Wildman–Crippen LogP) is 6.74. The van der Waals surface area contributed by atoms with Crippen LogP contribution in [0.15, 0.2) is 72.8 Å². The number of carbonyl (C=O) groups is 2. The van der Waals surface area contributed by atoms with Crippen molar-refractivity contribution < 1.29 is 9.59 Å². The number of carbonyl (C=O) groups excluding carboxylic acids is 2. The molecule has 0 saturated carbocycles. The molecule has 0 heterocycles. The molecule has 1 N–H and O–H groups in total. The fraction of sp³-hybridized carbons (Fsp3) is 0.286. The fourth-order valence-corrected chi connectivity index (χ4v) is 4.31. The molecule has 4 nitrogen and oxygen atoms in total. The van der Waals surface area contributed by atoms with Crippen molar-refractivity contribution in [3.8, 4) is 0 Å². The third-order valence-electron chi connectivity index (χ3n) is 5.90. The number of amides is 2. The lowest BCUT2D eigenvalue weighted by molar-refractivity contribution is -0.141. The molecule has 3 aromatic rings. The van der Waals surface area contributed by atoms with E-state index in [1.807, 2.05) is 56.3 Å². The lowest BCUT2D eigenvalue weighted by Gasteiger charge is -2.32. The monoisotopic (exact) mass is 530 g/mol. The van der Waals surface area contributed by atoms with E-state index in [4.69, 9.17) is 34.8 Å². The molecule has 0 fully saturated rings. The molecule has 3 aromatic carbocycles. The molecule has 0 spiro atoms. The van der Waals surface area contributed by atoms with Crippen LogP contribution in [0.5, 0.6) is 0 Å². The van der Waals surface area contributed by atoms with Gasteiger partial charge in [0, 0.05) is 34.1 Å². The number of nitrogens with zero attached hydrogens (tertiary/aromatic N) is 1. The zero-order valence-corrected chi connectivity index (χ0v) is 22.1. The summed E-state index contributed by atoms with van der Waals surface area (Å²) in [7, 11) is 0. The van der Waals surface area contributed by atoms with E-state index in [1.165, 1.54) is 0 Å². The van der Waals surface area contributed by atoms with Crippen molar-refractivity contribution in [2.75, 3.05) is 0 Å². The van der Waals surface area contributed by atoms with Crippen molar-refractivity contribution in [3.05, 3.63) is 105 Å². The Morgan fingerprint density at radius 2 is 1.54 bits per heavy atom. The van der Waals surface area contributed by atoms with E-state index in [-0.39, 0.29) is 30.8 Å². The largest absolute Gasteiger partial charge is 0.352 e. The quantitative estimate of drug-likeness (QED) is 0.315. The third-order valence-corrected chi connectivity index (χ3v) is 6.73. The molecule has 0 aliphatic carbocycles. The van der Waals surface area contributed by atoms with Gasteiger partial charge in [0.05, 0.1) is 6.42 Å². The highest BCUT2D eigenvalue weighted by molar-refractivity contribution is 6.35. The predicted molar refractivity (Wildman–Crippen MR) is 144 cm³/mol. The van der Waals surface area contributed by atoms with Crippen LogP contribution in [0.4, 0.5) is 0 Å². The van der Waals surface area contributed by atoms with Crippen LogP contribution in [0.2, 0.25) is 15.1 Å². The Labute approximate surface area is 222 Å². The Morgan fingerprint density at radius 3 is 2.17 bits per heavy atom. The second-order valence-electron chi connectivity index (χ2n) is 8.58. The molecule has 0 bridgehead atoms. The van der Waals surface area contributed by atoms with E-state index >= 15 is 0 Å². The highest BCUT2D eigenvalue weighted by atomic mass is 35.5. The van der Waals surface area contributed by atoms with Crippen LogP contribution in [0.1, 0.15) is 37.0 Å². The number of benzene rings is 3. The number of nitrogens with one attached hydrogen (secondary N) is 1. The normalized spacial score (nSPS) is 12.6. The summed E-state index contributed by atoms with van der Waals surface area (Å²) in [5.74, 6) is -0.392. The molecule has 0 aliphatic heterocycles. The lowest BCUT2D eigenvalue weighted by Crippen LogP contribution is -2.52. The fourth-order valence-electron chi connectivity index (χ4n) is 3.71. The third kappa shape index (κ3) is 7.99. The molecule has 0 saturated heterocycles. The van der Waals surface area contributed by atoms with Gasteiger partial charge in [-0.05, 0) is 54.3 Å². The number of halogens is 3. The summed E-state index contributed by atoms with van der Waals surface area (Å²) in [5.41, 5.74) is 2.50. The van der Waals surface area contributed by atoms with Gasteiger partial charge in [0.1, 0.15) is 6.04 Å². The molecule has 7 heteroatoms. The summed E-state index contributed by atoms with van der Waals surface area (Å²) in [6, 6.07) is 21.3. The van der Waals surface area contributed by atoms with Crippen LogP contribution in [0.3, 0.4) is 0 Å². The number of hydrogen-bond acceptors (Lipinski definition) is 2. The van der Waals surface area contributed by atoms with Crippen LogP contribution >= 0.6 is 34.8 Å². The van der Waals surface area contributed by atoms with Gasteiger partial charge in [-0.2, -0.15) is 0 Å². The Hall–Kier alpha value is -2.53. The maximum absolute atomic E-state index is 13.7. The lowest BCUT2D eigenvalue weighted by atomic mass is 10.0. The summed E-state index contributed by atoms with van der Waals surface area (Å²) >= 11 is 18.5. The van der Waals surface area contributed by atoms with E-state index in [1.54, 1.807) is 35.2 Å². The average Bonchev–Trinajstić information content (AvgIpc) is 2.84. The summed E-state index contributed by atoms with van der Waals surface area (Å²) in [4.78, 5) is 28.9. The maximum atomic E-state index is 13.7. The first-order valence-corrected chi connectivity index (χ1v) is 12.7. The first kappa shape index (κ1) is 27.1. The summed E-state index contributed by atoms with van der Waals surface area (Å²) < 4.78 is 0. The summed E-state index contributed by atoms with van der Waals surface area (Å²) in [5, 5.41) is 4.59. The van der Waals surface area contributed by atoms with E-state index in [2.05, 4.69) is 5.32 Å². The van der Waals surface area contributed by atoms with Gasteiger partial charge in [0.2, 0.25) is 11.8 Å². The van der Waals surface area contributed by atoms with Gasteiger partial charge in [-0.3, -0.25) is 9.59 Å². The van der Waals surface area contributed by atoms with Crippen molar-refractivity contribution in [2.45, 2.75) is 51.7 Å². The molecule has 0 aliphatic rings. The Balaban J connectivity index is 1.98. The van der Waals surface area contributed by atoms with Gasteiger partial charge in [0.15, 0.2) is 0 Å². The van der Waals surface area contributed by atoms with Gasteiger partial charge < -0.3 is 10.2 Å². The van der Waals surface area contributed by atoms with Crippen molar-refractivity contribution >= 4 is 46.6 Å². The van der Waals surface area contributed by atoms with Gasteiger partial charge in [-0.1, -0.05) is 90.3 Å².